The molecule has 0 radical (unpaired) electrons. The number of ether oxygens (including phenoxy) is 2. The smallest absolute Gasteiger partial charge is 0.344 e. The maximum absolute atomic E-state index is 13.4. The van der Waals surface area contributed by atoms with Gasteiger partial charge in [-0.3, -0.25) is 14.9 Å². The highest BCUT2D eigenvalue weighted by Crippen LogP contribution is 2.22. The number of halogens is 1. The van der Waals surface area contributed by atoms with Crippen molar-refractivity contribution in [3.05, 3.63) is 65.5 Å². The van der Waals surface area contributed by atoms with Crippen molar-refractivity contribution >= 4 is 17.8 Å². The summed E-state index contributed by atoms with van der Waals surface area (Å²) in [6, 6.07) is 12.5. The van der Waals surface area contributed by atoms with E-state index >= 15 is 0 Å². The Morgan fingerprint density at radius 2 is 1.61 bits per heavy atom. The highest BCUT2D eigenvalue weighted by Gasteiger charge is 2.16. The molecule has 28 heavy (non-hydrogen) atoms. The summed E-state index contributed by atoms with van der Waals surface area (Å²) in [5, 5.41) is 2.14. The van der Waals surface area contributed by atoms with Gasteiger partial charge in [-0.05, 0) is 35.2 Å². The highest BCUT2D eigenvalue weighted by atomic mass is 19.1. The van der Waals surface area contributed by atoms with Crippen LogP contribution >= 0.6 is 0 Å². The van der Waals surface area contributed by atoms with Gasteiger partial charge in [0.25, 0.3) is 11.8 Å². The van der Waals surface area contributed by atoms with Gasteiger partial charge in [-0.2, -0.15) is 0 Å². The number of benzene rings is 2. The Labute approximate surface area is 162 Å². The largest absolute Gasteiger partial charge is 0.479 e. The van der Waals surface area contributed by atoms with Gasteiger partial charge in [0.05, 0.1) is 0 Å². The van der Waals surface area contributed by atoms with Crippen molar-refractivity contribution in [1.29, 1.82) is 0 Å². The van der Waals surface area contributed by atoms with Crippen molar-refractivity contribution in [3.8, 4) is 5.75 Å². The minimum Gasteiger partial charge on any atom is -0.479 e. The predicted octanol–water partition coefficient (Wildman–Crippen LogP) is 3.00. The van der Waals surface area contributed by atoms with Crippen LogP contribution in [0.4, 0.5) is 4.39 Å². The summed E-state index contributed by atoms with van der Waals surface area (Å²) >= 11 is 0. The van der Waals surface area contributed by atoms with Crippen LogP contribution in [0.2, 0.25) is 0 Å². The number of hydrogen-bond donors (Lipinski definition) is 1. The SMILES string of the molecule is CC(C)(C)c1ccc(C(=O)NC(=O)COC(=O)COc2ccccc2F)cc1. The molecule has 0 saturated heterocycles. The number of nitrogens with one attached hydrogen (secondary N) is 1. The fraction of sp³-hybridized carbons (Fsp3) is 0.286. The van der Waals surface area contributed by atoms with Gasteiger partial charge < -0.3 is 9.47 Å². The fourth-order valence-corrected chi connectivity index (χ4v) is 2.24. The van der Waals surface area contributed by atoms with Gasteiger partial charge in [-0.1, -0.05) is 45.0 Å². The van der Waals surface area contributed by atoms with Gasteiger partial charge in [-0.25, -0.2) is 9.18 Å². The lowest BCUT2D eigenvalue weighted by molar-refractivity contribution is -0.150. The van der Waals surface area contributed by atoms with Crippen LogP contribution < -0.4 is 10.1 Å². The normalized spacial score (nSPS) is 10.9. The molecule has 2 aromatic rings. The number of imide groups is 1. The van der Waals surface area contributed by atoms with Crippen molar-refractivity contribution in [2.75, 3.05) is 13.2 Å². The molecule has 0 atom stereocenters. The number of rotatable bonds is 6. The van der Waals surface area contributed by atoms with Crippen molar-refractivity contribution in [2.24, 2.45) is 0 Å². The summed E-state index contributed by atoms with van der Waals surface area (Å²) < 4.78 is 23.1. The number of hydrogen-bond acceptors (Lipinski definition) is 5. The molecule has 1 N–H and O–H groups in total. The van der Waals surface area contributed by atoms with E-state index in [4.69, 9.17) is 9.47 Å². The Kier molecular flexibility index (Phi) is 6.87. The Bertz CT molecular complexity index is 856. The first-order chi connectivity index (χ1) is 13.2. The van der Waals surface area contributed by atoms with Crippen LogP contribution in [0.3, 0.4) is 0 Å². The molecule has 0 aliphatic rings. The van der Waals surface area contributed by atoms with E-state index < -0.39 is 36.8 Å². The average Bonchev–Trinajstić information content (AvgIpc) is 2.65. The van der Waals surface area contributed by atoms with E-state index in [1.54, 1.807) is 18.2 Å². The first-order valence-electron chi connectivity index (χ1n) is 8.64. The molecule has 0 bridgehead atoms. The Balaban J connectivity index is 1.77. The second kappa shape index (κ2) is 9.12. The van der Waals surface area contributed by atoms with E-state index in [9.17, 15) is 18.8 Å². The maximum Gasteiger partial charge on any atom is 0.344 e. The van der Waals surface area contributed by atoms with Crippen molar-refractivity contribution in [1.82, 2.24) is 5.32 Å². The summed E-state index contributed by atoms with van der Waals surface area (Å²) in [5.74, 6) is -2.94. The first-order valence-corrected chi connectivity index (χ1v) is 8.64. The van der Waals surface area contributed by atoms with Crippen LogP contribution in [0, 0.1) is 5.82 Å². The van der Waals surface area contributed by atoms with E-state index in [1.807, 2.05) is 12.1 Å². The van der Waals surface area contributed by atoms with E-state index in [0.29, 0.717) is 5.56 Å². The number of para-hydroxylation sites is 1. The third kappa shape index (κ3) is 6.19. The first kappa shape index (κ1) is 21.1. The third-order valence-corrected chi connectivity index (χ3v) is 3.81. The van der Waals surface area contributed by atoms with Crippen molar-refractivity contribution < 1.29 is 28.2 Å². The molecule has 0 aromatic heterocycles. The molecule has 0 saturated carbocycles. The van der Waals surface area contributed by atoms with E-state index in [-0.39, 0.29) is 11.2 Å². The summed E-state index contributed by atoms with van der Waals surface area (Å²) in [6.45, 7) is 4.95. The maximum atomic E-state index is 13.4. The van der Waals surface area contributed by atoms with Gasteiger partial charge in [0.1, 0.15) is 0 Å². The van der Waals surface area contributed by atoms with Gasteiger partial charge >= 0.3 is 5.97 Å². The summed E-state index contributed by atoms with van der Waals surface area (Å²) in [7, 11) is 0. The van der Waals surface area contributed by atoms with Crippen LogP contribution in [-0.2, 0) is 19.7 Å². The third-order valence-electron chi connectivity index (χ3n) is 3.81. The molecule has 0 fully saturated rings. The molecule has 0 spiro atoms. The summed E-state index contributed by atoms with van der Waals surface area (Å²) in [5.41, 5.74) is 1.32. The zero-order chi connectivity index (χ0) is 20.7. The lowest BCUT2D eigenvalue weighted by Gasteiger charge is -2.19. The lowest BCUT2D eigenvalue weighted by atomic mass is 9.87. The second-order valence-corrected chi connectivity index (χ2v) is 7.08. The molecular weight excluding hydrogens is 365 g/mol. The quantitative estimate of drug-likeness (QED) is 0.771. The highest BCUT2D eigenvalue weighted by molar-refractivity contribution is 6.05. The van der Waals surface area contributed by atoms with Crippen molar-refractivity contribution in [2.45, 2.75) is 26.2 Å². The number of amides is 2. The molecule has 6 nitrogen and oxygen atoms in total. The van der Waals surface area contributed by atoms with E-state index in [1.165, 1.54) is 18.2 Å². The molecule has 2 amide bonds. The van der Waals surface area contributed by atoms with Gasteiger partial charge in [0, 0.05) is 5.56 Å². The fourth-order valence-electron chi connectivity index (χ4n) is 2.24. The topological polar surface area (TPSA) is 81.7 Å². The minimum absolute atomic E-state index is 0.0518. The van der Waals surface area contributed by atoms with Crippen molar-refractivity contribution in [3.63, 3.8) is 0 Å². The molecule has 0 aliphatic heterocycles. The van der Waals surface area contributed by atoms with Gasteiger partial charge in [-0.15, -0.1) is 0 Å². The summed E-state index contributed by atoms with van der Waals surface area (Å²) in [6.07, 6.45) is 0. The molecule has 2 aromatic carbocycles. The van der Waals surface area contributed by atoms with E-state index in [0.717, 1.165) is 5.56 Å². The minimum atomic E-state index is -0.861. The van der Waals surface area contributed by atoms with E-state index in [2.05, 4.69) is 26.1 Å². The van der Waals surface area contributed by atoms with Crippen LogP contribution in [-0.4, -0.2) is 31.0 Å². The van der Waals surface area contributed by atoms with Crippen LogP contribution in [0.5, 0.6) is 5.75 Å². The zero-order valence-electron chi connectivity index (χ0n) is 16.0. The van der Waals surface area contributed by atoms with Gasteiger partial charge in [0.2, 0.25) is 0 Å². The molecule has 2 rings (SSSR count). The Morgan fingerprint density at radius 3 is 2.21 bits per heavy atom. The lowest BCUT2D eigenvalue weighted by Crippen LogP contribution is -2.34. The Morgan fingerprint density at radius 1 is 0.964 bits per heavy atom. The number of carbonyl (C=O) groups excluding carboxylic acids is 3. The monoisotopic (exact) mass is 387 g/mol. The number of carbonyl (C=O) groups is 3. The van der Waals surface area contributed by atoms with Crippen LogP contribution in [0.1, 0.15) is 36.7 Å². The molecule has 0 heterocycles. The molecule has 0 aliphatic carbocycles. The second-order valence-electron chi connectivity index (χ2n) is 7.08. The van der Waals surface area contributed by atoms with Crippen LogP contribution in [0.25, 0.3) is 0 Å². The molecule has 148 valence electrons. The summed E-state index contributed by atoms with van der Waals surface area (Å²) in [4.78, 5) is 35.4. The van der Waals surface area contributed by atoms with Gasteiger partial charge in [0.15, 0.2) is 24.8 Å². The molecule has 0 unspecified atom stereocenters. The Hall–Kier alpha value is -3.22. The zero-order valence-corrected chi connectivity index (χ0v) is 16.0. The predicted molar refractivity (Wildman–Crippen MR) is 100 cm³/mol. The molecular formula is C21H22FNO5. The number of esters is 1. The van der Waals surface area contributed by atoms with Crippen LogP contribution in [0.15, 0.2) is 48.5 Å². The average molecular weight is 387 g/mol. The standard InChI is InChI=1S/C21H22FNO5/c1-21(2,3)15-10-8-14(9-11-15)20(26)23-18(24)12-28-19(25)13-27-17-7-5-4-6-16(17)22/h4-11H,12-13H2,1-3H3,(H,23,24,26). The molecule has 7 heteroatoms.